The molecule has 0 saturated heterocycles. The standard InChI is InChI=1S/C10H15NO2S.CH4/c1-10(2,3)9-6-5-8(7-11-9)14(4,12)13;/h5-7H,1-4H3;1H4. The molecular weight excluding hydrogens is 210 g/mol. The Morgan fingerprint density at radius 1 is 1.20 bits per heavy atom. The molecule has 0 aliphatic rings. The first-order chi connectivity index (χ1) is 6.21. The van der Waals surface area contributed by atoms with Crippen LogP contribution < -0.4 is 0 Å². The molecule has 3 nitrogen and oxygen atoms in total. The third kappa shape index (κ3) is 3.63. The van der Waals surface area contributed by atoms with Gasteiger partial charge in [-0.3, -0.25) is 4.98 Å². The van der Waals surface area contributed by atoms with Gasteiger partial charge in [0.2, 0.25) is 0 Å². The van der Waals surface area contributed by atoms with Gasteiger partial charge < -0.3 is 0 Å². The van der Waals surface area contributed by atoms with Crippen LogP contribution in [0.4, 0.5) is 0 Å². The summed E-state index contributed by atoms with van der Waals surface area (Å²) in [6.45, 7) is 6.11. The summed E-state index contributed by atoms with van der Waals surface area (Å²) in [7, 11) is -3.13. The van der Waals surface area contributed by atoms with Crippen molar-refractivity contribution in [3.8, 4) is 0 Å². The van der Waals surface area contributed by atoms with E-state index >= 15 is 0 Å². The lowest BCUT2D eigenvalue weighted by Crippen LogP contribution is -2.13. The highest BCUT2D eigenvalue weighted by molar-refractivity contribution is 7.90. The highest BCUT2D eigenvalue weighted by atomic mass is 32.2. The van der Waals surface area contributed by atoms with E-state index in [1.807, 2.05) is 20.8 Å². The van der Waals surface area contributed by atoms with Crippen LogP contribution in [0.3, 0.4) is 0 Å². The molecule has 0 unspecified atom stereocenters. The second kappa shape index (κ2) is 4.31. The van der Waals surface area contributed by atoms with Crippen LogP contribution in [-0.4, -0.2) is 19.7 Å². The zero-order valence-corrected chi connectivity index (χ0v) is 9.72. The summed E-state index contributed by atoms with van der Waals surface area (Å²) in [5.74, 6) is 0. The molecule has 0 radical (unpaired) electrons. The molecule has 1 aromatic heterocycles. The largest absolute Gasteiger partial charge is 0.259 e. The van der Waals surface area contributed by atoms with E-state index in [9.17, 15) is 8.42 Å². The fourth-order valence-corrected chi connectivity index (χ4v) is 1.60. The Kier molecular flexibility index (Phi) is 4.05. The van der Waals surface area contributed by atoms with Gasteiger partial charge in [0.25, 0.3) is 0 Å². The number of sulfone groups is 1. The van der Waals surface area contributed by atoms with Crippen molar-refractivity contribution in [3.63, 3.8) is 0 Å². The van der Waals surface area contributed by atoms with Gasteiger partial charge in [-0.15, -0.1) is 0 Å². The monoisotopic (exact) mass is 229 g/mol. The topological polar surface area (TPSA) is 47.0 Å². The Morgan fingerprint density at radius 3 is 2.00 bits per heavy atom. The second-order valence-corrected chi connectivity index (χ2v) is 6.42. The molecular formula is C11H19NO2S. The molecule has 0 aliphatic heterocycles. The zero-order valence-electron chi connectivity index (χ0n) is 8.90. The normalized spacial score (nSPS) is 12.0. The van der Waals surface area contributed by atoms with Gasteiger partial charge in [-0.2, -0.15) is 0 Å². The Hall–Kier alpha value is -0.900. The van der Waals surface area contributed by atoms with E-state index in [1.165, 1.54) is 12.5 Å². The highest BCUT2D eigenvalue weighted by Crippen LogP contribution is 2.20. The van der Waals surface area contributed by atoms with E-state index in [0.29, 0.717) is 0 Å². The van der Waals surface area contributed by atoms with Gasteiger partial charge in [-0.1, -0.05) is 28.2 Å². The Morgan fingerprint density at radius 2 is 1.73 bits per heavy atom. The van der Waals surface area contributed by atoms with E-state index in [0.717, 1.165) is 5.69 Å². The number of aromatic nitrogens is 1. The van der Waals surface area contributed by atoms with E-state index in [4.69, 9.17) is 0 Å². The van der Waals surface area contributed by atoms with Crippen LogP contribution in [0.1, 0.15) is 33.9 Å². The summed E-state index contributed by atoms with van der Waals surface area (Å²) in [5.41, 5.74) is 0.848. The summed E-state index contributed by atoms with van der Waals surface area (Å²) in [6.07, 6.45) is 2.59. The second-order valence-electron chi connectivity index (χ2n) is 4.40. The molecule has 0 bridgehead atoms. The van der Waals surface area contributed by atoms with Crippen molar-refractivity contribution in [1.82, 2.24) is 4.98 Å². The predicted octanol–water partition coefficient (Wildman–Crippen LogP) is 2.42. The Labute approximate surface area is 92.5 Å². The minimum atomic E-state index is -3.13. The highest BCUT2D eigenvalue weighted by Gasteiger charge is 2.16. The SMILES string of the molecule is C.CC(C)(C)c1ccc(S(C)(=O)=O)cn1. The van der Waals surface area contributed by atoms with Crippen LogP contribution in [0.5, 0.6) is 0 Å². The summed E-state index contributed by atoms with van der Waals surface area (Å²) in [6, 6.07) is 3.36. The van der Waals surface area contributed by atoms with Crippen molar-refractivity contribution in [2.24, 2.45) is 0 Å². The lowest BCUT2D eigenvalue weighted by Gasteiger charge is -2.17. The van der Waals surface area contributed by atoms with E-state index in [1.54, 1.807) is 12.1 Å². The molecule has 4 heteroatoms. The number of rotatable bonds is 1. The van der Waals surface area contributed by atoms with Crippen molar-refractivity contribution >= 4 is 9.84 Å². The van der Waals surface area contributed by atoms with Gasteiger partial charge >= 0.3 is 0 Å². The molecule has 15 heavy (non-hydrogen) atoms. The van der Waals surface area contributed by atoms with Crippen molar-refractivity contribution in [1.29, 1.82) is 0 Å². The number of hydrogen-bond acceptors (Lipinski definition) is 3. The van der Waals surface area contributed by atoms with E-state index < -0.39 is 9.84 Å². The fraction of sp³-hybridized carbons (Fsp3) is 0.545. The molecule has 0 atom stereocenters. The fourth-order valence-electron chi connectivity index (χ4n) is 1.04. The lowest BCUT2D eigenvalue weighted by atomic mass is 9.92. The minimum absolute atomic E-state index is 0. The minimum Gasteiger partial charge on any atom is -0.259 e. The van der Waals surface area contributed by atoms with E-state index in [-0.39, 0.29) is 17.7 Å². The summed E-state index contributed by atoms with van der Waals surface area (Å²) < 4.78 is 22.3. The maximum atomic E-state index is 11.2. The molecule has 1 aromatic rings. The van der Waals surface area contributed by atoms with Crippen LogP contribution in [0.25, 0.3) is 0 Å². The molecule has 0 fully saturated rings. The molecule has 0 saturated carbocycles. The van der Waals surface area contributed by atoms with Crippen LogP contribution in [0, 0.1) is 0 Å². The van der Waals surface area contributed by atoms with Gasteiger partial charge in [0, 0.05) is 23.6 Å². The van der Waals surface area contributed by atoms with E-state index in [2.05, 4.69) is 4.98 Å². The smallest absolute Gasteiger partial charge is 0.177 e. The molecule has 1 rings (SSSR count). The summed E-state index contributed by atoms with van der Waals surface area (Å²) >= 11 is 0. The van der Waals surface area contributed by atoms with Gasteiger partial charge in [0.05, 0.1) is 4.90 Å². The zero-order chi connectivity index (χ0) is 11.0. The summed E-state index contributed by atoms with van der Waals surface area (Å²) in [4.78, 5) is 4.41. The van der Waals surface area contributed by atoms with Crippen molar-refractivity contribution in [2.75, 3.05) is 6.26 Å². The Bertz CT molecular complexity index is 413. The average Bonchev–Trinajstić information content (AvgIpc) is 2.01. The number of nitrogens with zero attached hydrogens (tertiary/aromatic N) is 1. The van der Waals surface area contributed by atoms with Crippen molar-refractivity contribution in [2.45, 2.75) is 38.5 Å². The molecule has 86 valence electrons. The summed E-state index contributed by atoms with van der Waals surface area (Å²) in [5, 5.41) is 0. The number of pyridine rings is 1. The van der Waals surface area contributed by atoms with Gasteiger partial charge in [-0.25, -0.2) is 8.42 Å². The Balaban J connectivity index is 0.00000196. The molecule has 1 heterocycles. The third-order valence-electron chi connectivity index (χ3n) is 1.93. The van der Waals surface area contributed by atoms with Gasteiger partial charge in [0.15, 0.2) is 9.84 Å². The quantitative estimate of drug-likeness (QED) is 0.743. The lowest BCUT2D eigenvalue weighted by molar-refractivity contribution is 0.566. The first-order valence-corrected chi connectivity index (χ1v) is 6.27. The average molecular weight is 229 g/mol. The molecule has 0 spiro atoms. The van der Waals surface area contributed by atoms with Gasteiger partial charge in [-0.05, 0) is 12.1 Å². The van der Waals surface area contributed by atoms with Crippen molar-refractivity contribution in [3.05, 3.63) is 24.0 Å². The molecule has 0 N–H and O–H groups in total. The first kappa shape index (κ1) is 14.1. The third-order valence-corrected chi connectivity index (χ3v) is 3.03. The van der Waals surface area contributed by atoms with Crippen LogP contribution in [0.2, 0.25) is 0 Å². The van der Waals surface area contributed by atoms with Gasteiger partial charge in [0.1, 0.15) is 0 Å². The predicted molar refractivity (Wildman–Crippen MR) is 62.8 cm³/mol. The van der Waals surface area contributed by atoms with Crippen LogP contribution in [-0.2, 0) is 15.3 Å². The molecule has 0 amide bonds. The van der Waals surface area contributed by atoms with Crippen molar-refractivity contribution < 1.29 is 8.42 Å². The molecule has 0 aromatic carbocycles. The first-order valence-electron chi connectivity index (χ1n) is 4.38. The number of hydrogen-bond donors (Lipinski definition) is 0. The maximum Gasteiger partial charge on any atom is 0.177 e. The maximum absolute atomic E-state index is 11.2. The van der Waals surface area contributed by atoms with Crippen LogP contribution in [0.15, 0.2) is 23.2 Å². The van der Waals surface area contributed by atoms with Crippen LogP contribution >= 0.6 is 0 Å². The molecule has 0 aliphatic carbocycles.